The van der Waals surface area contributed by atoms with E-state index >= 15 is 0 Å². The van der Waals surface area contributed by atoms with E-state index in [0.29, 0.717) is 5.56 Å². The van der Waals surface area contributed by atoms with Gasteiger partial charge in [-0.25, -0.2) is 29.2 Å². The molecule has 148 valence electrons. The van der Waals surface area contributed by atoms with Crippen LogP contribution in [0.4, 0.5) is 10.1 Å². The highest BCUT2D eigenvalue weighted by Gasteiger charge is 2.19. The van der Waals surface area contributed by atoms with Gasteiger partial charge in [0.2, 0.25) is 0 Å². The van der Waals surface area contributed by atoms with E-state index in [9.17, 15) is 14.0 Å². The van der Waals surface area contributed by atoms with Gasteiger partial charge >= 0.3 is 5.97 Å². The van der Waals surface area contributed by atoms with Crippen LogP contribution in [-0.2, 0) is 0 Å². The molecule has 0 bridgehead atoms. The molecule has 0 unspecified atom stereocenters. The molecule has 0 aromatic heterocycles. The summed E-state index contributed by atoms with van der Waals surface area (Å²) >= 11 is 0. The molecule has 0 spiro atoms. The van der Waals surface area contributed by atoms with Crippen molar-refractivity contribution in [1.29, 1.82) is 0 Å². The highest BCUT2D eigenvalue weighted by Crippen LogP contribution is 2.51. The van der Waals surface area contributed by atoms with Gasteiger partial charge in [-0.2, -0.15) is 0 Å². The summed E-state index contributed by atoms with van der Waals surface area (Å²) in [5.41, 5.74) is 0.320. The van der Waals surface area contributed by atoms with Crippen LogP contribution in [0.3, 0.4) is 0 Å². The Morgan fingerprint density at radius 3 is 1.81 bits per heavy atom. The third-order valence-corrected chi connectivity index (χ3v) is 7.31. The maximum Gasteiger partial charge on any atom is 0.338 e. The van der Waals surface area contributed by atoms with Crippen LogP contribution < -0.4 is 5.32 Å². The number of benzene rings is 2. The number of rotatable bonds is 5. The summed E-state index contributed by atoms with van der Waals surface area (Å²) in [4.78, 5) is 26.0. The lowest BCUT2D eigenvalue weighted by molar-refractivity contribution is 0.0691. The van der Waals surface area contributed by atoms with Gasteiger partial charge in [-0.3, -0.25) is 4.79 Å². The van der Waals surface area contributed by atoms with Crippen LogP contribution in [0.25, 0.3) is 0 Å². The van der Waals surface area contributed by atoms with Crippen molar-refractivity contribution in [3.8, 4) is 0 Å². The van der Waals surface area contributed by atoms with Gasteiger partial charge < -0.3 is 10.4 Å². The molecule has 27 heavy (non-hydrogen) atoms. The summed E-state index contributed by atoms with van der Waals surface area (Å²) in [6.07, 6.45) is 13.0. The van der Waals surface area contributed by atoms with Crippen LogP contribution >= 0.6 is 20.1 Å². The number of aromatic carboxylic acids is 1. The minimum atomic E-state index is -1.34. The normalized spacial score (nSPS) is 13.1. The average Bonchev–Trinajstić information content (AvgIpc) is 2.52. The van der Waals surface area contributed by atoms with Crippen molar-refractivity contribution < 1.29 is 19.1 Å². The van der Waals surface area contributed by atoms with Crippen molar-refractivity contribution in [3.63, 3.8) is 0 Å². The zero-order valence-corrected chi connectivity index (χ0v) is 18.1. The molecule has 0 saturated heterocycles. The maximum absolute atomic E-state index is 13.9. The molecular weight excluding hydrogens is 385 g/mol. The molecular formula is C20H26FNO3S2. The van der Waals surface area contributed by atoms with Crippen LogP contribution in [0.2, 0.25) is 0 Å². The molecule has 0 fully saturated rings. The summed E-state index contributed by atoms with van der Waals surface area (Å²) in [5, 5.41) is 11.6. The quantitative estimate of drug-likeness (QED) is 0.737. The predicted octanol–water partition coefficient (Wildman–Crippen LogP) is 4.88. The lowest BCUT2D eigenvalue weighted by Gasteiger charge is -2.31. The van der Waals surface area contributed by atoms with Gasteiger partial charge in [0.05, 0.1) is 5.56 Å². The standard InChI is InChI=1S/C20H26FNO3S2/c1-26(2,3)15-9-13(10-16(12-15)27(4,5)6)19(23)22-14-7-8-17(20(24)25)18(21)11-14/h7-12H,1-6H3,(H,22,23)(H,24,25). The highest BCUT2D eigenvalue weighted by molar-refractivity contribution is 8.32. The number of hydrogen-bond donors (Lipinski definition) is 2. The fraction of sp³-hybridized carbons (Fsp3) is 0.300. The van der Waals surface area contributed by atoms with Crippen molar-refractivity contribution in [2.24, 2.45) is 0 Å². The van der Waals surface area contributed by atoms with Crippen molar-refractivity contribution in [3.05, 3.63) is 53.3 Å². The molecule has 2 rings (SSSR count). The van der Waals surface area contributed by atoms with Gasteiger partial charge in [-0.1, -0.05) is 0 Å². The SMILES string of the molecule is CS(C)(C)c1cc(C(=O)Nc2ccc(C(=O)O)c(F)c2)cc(S(C)(C)C)c1. The third-order valence-electron chi connectivity index (χ3n) is 4.01. The second-order valence-corrected chi connectivity index (χ2v) is 16.1. The predicted molar refractivity (Wildman–Crippen MR) is 115 cm³/mol. The first-order valence-electron chi connectivity index (χ1n) is 8.15. The zero-order chi connectivity index (χ0) is 20.6. The zero-order valence-electron chi connectivity index (χ0n) is 16.4. The van der Waals surface area contributed by atoms with Gasteiger partial charge in [0.15, 0.2) is 0 Å². The van der Waals surface area contributed by atoms with E-state index in [2.05, 4.69) is 48.9 Å². The van der Waals surface area contributed by atoms with E-state index in [1.165, 1.54) is 6.07 Å². The fourth-order valence-corrected chi connectivity index (χ4v) is 4.38. The van der Waals surface area contributed by atoms with Crippen molar-refractivity contribution in [2.75, 3.05) is 42.9 Å². The Kier molecular flexibility index (Phi) is 5.97. The Bertz CT molecular complexity index is 867. The molecule has 4 nitrogen and oxygen atoms in total. The molecule has 0 heterocycles. The summed E-state index contributed by atoms with van der Waals surface area (Å²) in [5.74, 6) is -2.56. The second-order valence-electron chi connectivity index (χ2n) is 7.82. The molecule has 2 aromatic carbocycles. The number of amides is 1. The molecule has 0 radical (unpaired) electrons. The minimum absolute atomic E-state index is 0.223. The number of carbonyl (C=O) groups excluding carboxylic acids is 1. The van der Waals surface area contributed by atoms with Gasteiger partial charge in [0.25, 0.3) is 5.91 Å². The van der Waals surface area contributed by atoms with Gasteiger partial charge in [-0.05, 0) is 83.7 Å². The van der Waals surface area contributed by atoms with Crippen molar-refractivity contribution in [2.45, 2.75) is 9.79 Å². The van der Waals surface area contributed by atoms with E-state index in [1.807, 2.05) is 12.1 Å². The second kappa shape index (κ2) is 7.56. The maximum atomic E-state index is 13.9. The van der Waals surface area contributed by atoms with Gasteiger partial charge in [-0.15, -0.1) is 0 Å². The lowest BCUT2D eigenvalue weighted by atomic mass is 10.1. The number of hydrogen-bond acceptors (Lipinski definition) is 2. The minimum Gasteiger partial charge on any atom is -0.478 e. The van der Waals surface area contributed by atoms with Crippen molar-refractivity contribution in [1.82, 2.24) is 0 Å². The van der Waals surface area contributed by atoms with E-state index < -0.39 is 37.4 Å². The first kappa shape index (κ1) is 21.3. The number of anilines is 1. The fourth-order valence-electron chi connectivity index (χ4n) is 2.38. The Morgan fingerprint density at radius 2 is 1.41 bits per heavy atom. The summed E-state index contributed by atoms with van der Waals surface area (Å²) in [6, 6.07) is 9.52. The molecule has 2 N–H and O–H groups in total. The summed E-state index contributed by atoms with van der Waals surface area (Å²) in [6.45, 7) is 0. The number of carbonyl (C=O) groups is 2. The average molecular weight is 412 g/mol. The monoisotopic (exact) mass is 411 g/mol. The topological polar surface area (TPSA) is 66.4 Å². The van der Waals surface area contributed by atoms with E-state index in [1.54, 1.807) is 0 Å². The number of carboxylic acids is 1. The largest absolute Gasteiger partial charge is 0.478 e. The van der Waals surface area contributed by atoms with E-state index in [-0.39, 0.29) is 11.6 Å². The smallest absolute Gasteiger partial charge is 0.338 e. The van der Waals surface area contributed by atoms with Crippen LogP contribution in [-0.4, -0.2) is 54.5 Å². The number of carboxylic acid groups (broad SMARTS) is 1. The molecule has 1 amide bonds. The van der Waals surface area contributed by atoms with Gasteiger partial charge in [0, 0.05) is 11.3 Å². The Labute approximate surface area is 162 Å². The molecule has 0 aliphatic carbocycles. The highest BCUT2D eigenvalue weighted by atomic mass is 32.3. The van der Waals surface area contributed by atoms with Crippen LogP contribution in [0.15, 0.2) is 46.2 Å². The van der Waals surface area contributed by atoms with E-state index in [0.717, 1.165) is 21.9 Å². The number of nitrogens with one attached hydrogen (secondary N) is 1. The Balaban J connectivity index is 2.41. The Hall–Kier alpha value is -1.99. The van der Waals surface area contributed by atoms with Gasteiger partial charge in [0.1, 0.15) is 5.82 Å². The Morgan fingerprint density at radius 1 is 0.889 bits per heavy atom. The molecule has 2 aromatic rings. The van der Waals surface area contributed by atoms with Crippen LogP contribution in [0.1, 0.15) is 20.7 Å². The first-order chi connectivity index (χ1) is 12.3. The molecule has 0 aliphatic heterocycles. The number of halogens is 1. The molecule has 0 aliphatic rings. The van der Waals surface area contributed by atoms with Crippen LogP contribution in [0.5, 0.6) is 0 Å². The molecule has 0 atom stereocenters. The molecule has 7 heteroatoms. The van der Waals surface area contributed by atoms with Crippen molar-refractivity contribution >= 4 is 37.6 Å². The summed E-state index contributed by atoms with van der Waals surface area (Å²) in [7, 11) is -2.06. The summed E-state index contributed by atoms with van der Waals surface area (Å²) < 4.78 is 13.9. The first-order valence-corrected chi connectivity index (χ1v) is 13.9. The van der Waals surface area contributed by atoms with Crippen LogP contribution in [0, 0.1) is 5.82 Å². The third kappa shape index (κ3) is 5.26. The van der Waals surface area contributed by atoms with E-state index in [4.69, 9.17) is 5.11 Å². The lowest BCUT2D eigenvalue weighted by Crippen LogP contribution is -2.14. The molecule has 0 saturated carbocycles.